The summed E-state index contributed by atoms with van der Waals surface area (Å²) in [5, 5.41) is 14.9. The Balaban J connectivity index is 1.51. The van der Waals surface area contributed by atoms with Crippen molar-refractivity contribution in [2.24, 2.45) is 5.92 Å². The minimum atomic E-state index is -1.37. The van der Waals surface area contributed by atoms with E-state index in [1.54, 1.807) is 31.2 Å². The predicted molar refractivity (Wildman–Crippen MR) is 136 cm³/mol. The summed E-state index contributed by atoms with van der Waals surface area (Å²) in [6.07, 6.45) is 0. The van der Waals surface area contributed by atoms with Gasteiger partial charge in [-0.25, -0.2) is 4.39 Å². The number of nitriles is 1. The average molecular weight is 551 g/mol. The molecule has 2 amide bonds. The molecule has 2 unspecified atom stereocenters. The van der Waals surface area contributed by atoms with Crippen molar-refractivity contribution in [2.75, 3.05) is 10.6 Å². The van der Waals surface area contributed by atoms with E-state index in [-0.39, 0.29) is 16.9 Å². The molecule has 0 saturated heterocycles. The smallest absolute Gasteiger partial charge is 0.256 e. The molecule has 1 saturated carbocycles. The number of halogens is 5. The fourth-order valence-electron chi connectivity index (χ4n) is 3.92. The van der Waals surface area contributed by atoms with Gasteiger partial charge in [0, 0.05) is 27.2 Å². The molecule has 5 nitrogen and oxygen atoms in total. The third kappa shape index (κ3) is 5.24. The van der Waals surface area contributed by atoms with Crippen LogP contribution in [0.2, 0.25) is 10.0 Å². The van der Waals surface area contributed by atoms with Crippen LogP contribution in [0.15, 0.2) is 54.6 Å². The van der Waals surface area contributed by atoms with Gasteiger partial charge in [0.05, 0.1) is 23.2 Å². The number of amides is 2. The number of rotatable bonds is 5. The molecule has 0 spiro atoms. The zero-order chi connectivity index (χ0) is 25.5. The van der Waals surface area contributed by atoms with E-state index in [9.17, 15) is 14.0 Å². The third-order valence-electron chi connectivity index (χ3n) is 5.66. The topological polar surface area (TPSA) is 82.0 Å². The molecule has 3 aromatic rings. The Kier molecular flexibility index (Phi) is 6.99. The number of hydrogen-bond acceptors (Lipinski definition) is 3. The summed E-state index contributed by atoms with van der Waals surface area (Å²) < 4.78 is 13.0. The van der Waals surface area contributed by atoms with Gasteiger partial charge in [0.1, 0.15) is 10.2 Å². The summed E-state index contributed by atoms with van der Waals surface area (Å²) in [5.41, 5.74) is 1.98. The van der Waals surface area contributed by atoms with E-state index in [4.69, 9.17) is 51.7 Å². The fourth-order valence-corrected chi connectivity index (χ4v) is 5.29. The first kappa shape index (κ1) is 25.3. The van der Waals surface area contributed by atoms with Crippen LogP contribution in [0, 0.1) is 30.0 Å². The number of aryl methyl sites for hydroxylation is 1. The van der Waals surface area contributed by atoms with Gasteiger partial charge in [-0.15, -0.1) is 23.2 Å². The summed E-state index contributed by atoms with van der Waals surface area (Å²) in [6.45, 7) is 1.67. The summed E-state index contributed by atoms with van der Waals surface area (Å²) in [4.78, 5) is 25.6. The van der Waals surface area contributed by atoms with E-state index in [1.165, 1.54) is 24.3 Å². The maximum atomic E-state index is 14.4. The van der Waals surface area contributed by atoms with Gasteiger partial charge in [0.2, 0.25) is 5.91 Å². The lowest BCUT2D eigenvalue weighted by Gasteiger charge is -2.11. The molecule has 178 valence electrons. The van der Waals surface area contributed by atoms with Crippen molar-refractivity contribution >= 4 is 69.6 Å². The van der Waals surface area contributed by atoms with E-state index >= 15 is 0 Å². The van der Waals surface area contributed by atoms with Gasteiger partial charge >= 0.3 is 0 Å². The minimum absolute atomic E-state index is 0.131. The molecule has 1 fully saturated rings. The monoisotopic (exact) mass is 549 g/mol. The molecule has 0 bridgehead atoms. The Labute approximate surface area is 220 Å². The maximum absolute atomic E-state index is 14.4. The first-order valence-corrected chi connectivity index (χ1v) is 11.8. The Morgan fingerprint density at radius 1 is 1.00 bits per heavy atom. The molecule has 4 rings (SSSR count). The van der Waals surface area contributed by atoms with Crippen molar-refractivity contribution in [3.05, 3.63) is 92.7 Å². The number of hydrogen-bond donors (Lipinski definition) is 2. The number of nitrogens with zero attached hydrogens (tertiary/aromatic N) is 1. The Morgan fingerprint density at radius 3 is 2.31 bits per heavy atom. The Hall–Kier alpha value is -2.82. The molecule has 3 aromatic carbocycles. The standard InChI is InChI=1S/C25H16Cl4FN3O2/c1-12-6-13(11-31)2-4-18(12)23(34)33-20-10-17(3-5-19(20)30)32-24(35)22-21(25(22,28)29)14-7-15(26)9-16(27)8-14/h2-10,21-22H,1H3,(H,32,35)(H,33,34). The zero-order valence-electron chi connectivity index (χ0n) is 18.0. The fraction of sp³-hybridized carbons (Fsp3) is 0.160. The lowest BCUT2D eigenvalue weighted by atomic mass is 10.0. The van der Waals surface area contributed by atoms with Crippen LogP contribution < -0.4 is 10.6 Å². The van der Waals surface area contributed by atoms with E-state index in [0.717, 1.165) is 6.07 Å². The molecule has 2 N–H and O–H groups in total. The highest BCUT2D eigenvalue weighted by Crippen LogP contribution is 2.65. The number of alkyl halides is 2. The van der Waals surface area contributed by atoms with Crippen LogP contribution in [0.25, 0.3) is 0 Å². The number of anilines is 2. The minimum Gasteiger partial charge on any atom is -0.326 e. The van der Waals surface area contributed by atoms with E-state index in [0.29, 0.717) is 26.7 Å². The van der Waals surface area contributed by atoms with Gasteiger partial charge < -0.3 is 10.6 Å². The van der Waals surface area contributed by atoms with Crippen molar-refractivity contribution in [2.45, 2.75) is 17.2 Å². The van der Waals surface area contributed by atoms with E-state index in [2.05, 4.69) is 10.6 Å². The van der Waals surface area contributed by atoms with Gasteiger partial charge in [-0.3, -0.25) is 9.59 Å². The highest BCUT2D eigenvalue weighted by Gasteiger charge is 2.67. The Morgan fingerprint density at radius 2 is 1.69 bits per heavy atom. The summed E-state index contributed by atoms with van der Waals surface area (Å²) in [7, 11) is 0. The van der Waals surface area contributed by atoms with Gasteiger partial charge in [-0.1, -0.05) is 23.2 Å². The lowest BCUT2D eigenvalue weighted by molar-refractivity contribution is -0.117. The summed E-state index contributed by atoms with van der Waals surface area (Å²) in [6, 6.07) is 15.1. The first-order valence-electron chi connectivity index (χ1n) is 10.3. The molecule has 0 heterocycles. The van der Waals surface area contributed by atoms with Crippen LogP contribution in [0.1, 0.15) is 33.0 Å². The van der Waals surface area contributed by atoms with Crippen LogP contribution in [-0.2, 0) is 4.79 Å². The predicted octanol–water partition coefficient (Wildman–Crippen LogP) is 7.09. The summed E-state index contributed by atoms with van der Waals surface area (Å²) >= 11 is 24.9. The molecule has 1 aliphatic rings. The molecule has 2 atom stereocenters. The van der Waals surface area contributed by atoms with Crippen molar-refractivity contribution in [3.63, 3.8) is 0 Å². The van der Waals surface area contributed by atoms with Crippen molar-refractivity contribution in [3.8, 4) is 6.07 Å². The highest BCUT2D eigenvalue weighted by atomic mass is 35.5. The van der Waals surface area contributed by atoms with Crippen LogP contribution in [0.4, 0.5) is 15.8 Å². The maximum Gasteiger partial charge on any atom is 0.256 e. The second kappa shape index (κ2) is 9.67. The second-order valence-corrected chi connectivity index (χ2v) is 10.4. The third-order valence-corrected chi connectivity index (χ3v) is 7.04. The van der Waals surface area contributed by atoms with Crippen LogP contribution in [0.3, 0.4) is 0 Å². The van der Waals surface area contributed by atoms with Crippen LogP contribution in [-0.4, -0.2) is 16.1 Å². The van der Waals surface area contributed by atoms with Gasteiger partial charge in [-0.2, -0.15) is 5.26 Å². The quantitative estimate of drug-likeness (QED) is 0.333. The van der Waals surface area contributed by atoms with Gasteiger partial charge in [-0.05, 0) is 72.6 Å². The molecule has 0 aliphatic heterocycles. The highest BCUT2D eigenvalue weighted by molar-refractivity contribution is 6.53. The molecule has 1 aliphatic carbocycles. The summed E-state index contributed by atoms with van der Waals surface area (Å²) in [5.74, 6) is -3.08. The van der Waals surface area contributed by atoms with Crippen molar-refractivity contribution in [1.82, 2.24) is 0 Å². The number of carbonyl (C=O) groups excluding carboxylic acids is 2. The van der Waals surface area contributed by atoms with Crippen molar-refractivity contribution in [1.29, 1.82) is 5.26 Å². The largest absolute Gasteiger partial charge is 0.326 e. The van der Waals surface area contributed by atoms with Crippen LogP contribution in [0.5, 0.6) is 0 Å². The number of benzene rings is 3. The Bertz CT molecular complexity index is 1380. The molecule has 10 heteroatoms. The van der Waals surface area contributed by atoms with Crippen LogP contribution >= 0.6 is 46.4 Å². The lowest BCUT2D eigenvalue weighted by Crippen LogP contribution is -2.18. The molecular formula is C25H16Cl4FN3O2. The molecule has 0 radical (unpaired) electrons. The number of carbonyl (C=O) groups is 2. The van der Waals surface area contributed by atoms with Gasteiger partial charge in [0.25, 0.3) is 5.91 Å². The molecule has 35 heavy (non-hydrogen) atoms. The SMILES string of the molecule is Cc1cc(C#N)ccc1C(=O)Nc1cc(NC(=O)C2C(c3cc(Cl)cc(Cl)c3)C2(Cl)Cl)ccc1F. The van der Waals surface area contributed by atoms with Gasteiger partial charge in [0.15, 0.2) is 0 Å². The average Bonchev–Trinajstić information content (AvgIpc) is 3.37. The first-order chi connectivity index (χ1) is 16.5. The molecular weight excluding hydrogens is 535 g/mol. The second-order valence-electron chi connectivity index (χ2n) is 8.11. The zero-order valence-corrected chi connectivity index (χ0v) is 21.0. The normalized spacial score (nSPS) is 17.9. The van der Waals surface area contributed by atoms with E-state index < -0.39 is 33.8 Å². The van der Waals surface area contributed by atoms with Crippen molar-refractivity contribution < 1.29 is 14.0 Å². The number of nitrogens with one attached hydrogen (secondary N) is 2. The molecule has 0 aromatic heterocycles. The van der Waals surface area contributed by atoms with E-state index in [1.807, 2.05) is 6.07 Å².